The minimum atomic E-state index is -0.0264. The predicted molar refractivity (Wildman–Crippen MR) is 116 cm³/mol. The SMILES string of the molecule is CNC1CC(C)NC(NC2CC3OCCOC3C(C3=CCN(C)CCC3)C2Cl)N1. The maximum Gasteiger partial charge on any atom is 0.113 e. The van der Waals surface area contributed by atoms with Crippen LogP contribution in [0.5, 0.6) is 0 Å². The first-order chi connectivity index (χ1) is 14.0. The second-order valence-corrected chi connectivity index (χ2v) is 9.62. The molecule has 0 radical (unpaired) electrons. The number of hydrogen-bond acceptors (Lipinski definition) is 7. The van der Waals surface area contributed by atoms with Crippen molar-refractivity contribution in [2.24, 2.45) is 5.92 Å². The third-order valence-electron chi connectivity index (χ3n) is 6.90. The summed E-state index contributed by atoms with van der Waals surface area (Å²) in [6, 6.07) is 0.584. The molecule has 3 aliphatic heterocycles. The molecule has 1 saturated carbocycles. The van der Waals surface area contributed by atoms with Crippen LogP contribution in [0, 0.1) is 5.92 Å². The van der Waals surface area contributed by atoms with Crippen LogP contribution in [0.25, 0.3) is 0 Å². The van der Waals surface area contributed by atoms with Gasteiger partial charge in [-0.15, -0.1) is 11.6 Å². The Bertz CT molecular complexity index is 579. The molecule has 8 atom stereocenters. The number of halogens is 1. The molecule has 4 rings (SSSR count). The van der Waals surface area contributed by atoms with Gasteiger partial charge in [-0.25, -0.2) is 0 Å². The molecule has 0 aromatic carbocycles. The van der Waals surface area contributed by atoms with Gasteiger partial charge in [-0.05, 0) is 53.2 Å². The number of hydrogen-bond donors (Lipinski definition) is 4. The van der Waals surface area contributed by atoms with Crippen molar-refractivity contribution >= 4 is 11.6 Å². The summed E-state index contributed by atoms with van der Waals surface area (Å²) < 4.78 is 12.4. The Kier molecular flexibility index (Phi) is 7.51. The molecular weight excluding hydrogens is 390 g/mol. The molecule has 3 fully saturated rings. The Labute approximate surface area is 180 Å². The quantitative estimate of drug-likeness (QED) is 0.391. The average Bonchev–Trinajstić information content (AvgIpc) is 2.92. The molecule has 4 N–H and O–H groups in total. The number of fused-ring (bicyclic) bond motifs is 1. The van der Waals surface area contributed by atoms with Gasteiger partial charge >= 0.3 is 0 Å². The molecule has 8 unspecified atom stereocenters. The van der Waals surface area contributed by atoms with Crippen LogP contribution in [-0.2, 0) is 9.47 Å². The van der Waals surface area contributed by atoms with Crippen molar-refractivity contribution in [2.75, 3.05) is 40.4 Å². The topological polar surface area (TPSA) is 69.8 Å². The van der Waals surface area contributed by atoms with Gasteiger partial charge in [0.1, 0.15) is 6.29 Å². The van der Waals surface area contributed by atoms with Gasteiger partial charge in [-0.2, -0.15) is 0 Å². The van der Waals surface area contributed by atoms with Crippen LogP contribution >= 0.6 is 11.6 Å². The molecule has 1 aliphatic carbocycles. The highest BCUT2D eigenvalue weighted by molar-refractivity contribution is 6.21. The van der Waals surface area contributed by atoms with Gasteiger partial charge in [0.15, 0.2) is 0 Å². The van der Waals surface area contributed by atoms with Gasteiger partial charge in [0.05, 0.1) is 37.0 Å². The molecule has 7 nitrogen and oxygen atoms in total. The zero-order valence-electron chi connectivity index (χ0n) is 18.0. The minimum Gasteiger partial charge on any atom is -0.373 e. The maximum absolute atomic E-state index is 7.19. The van der Waals surface area contributed by atoms with Crippen molar-refractivity contribution in [1.82, 2.24) is 26.2 Å². The summed E-state index contributed by atoms with van der Waals surface area (Å²) in [5, 5.41) is 14.3. The summed E-state index contributed by atoms with van der Waals surface area (Å²) in [5.41, 5.74) is 1.45. The largest absolute Gasteiger partial charge is 0.373 e. The Morgan fingerprint density at radius 2 is 2.03 bits per heavy atom. The minimum absolute atomic E-state index is 0.0263. The molecule has 166 valence electrons. The van der Waals surface area contributed by atoms with Crippen LogP contribution in [0.3, 0.4) is 0 Å². The van der Waals surface area contributed by atoms with E-state index in [2.05, 4.69) is 46.2 Å². The molecule has 0 amide bonds. The van der Waals surface area contributed by atoms with E-state index < -0.39 is 0 Å². The van der Waals surface area contributed by atoms with Crippen LogP contribution < -0.4 is 21.3 Å². The van der Waals surface area contributed by atoms with Crippen LogP contribution in [0.4, 0.5) is 0 Å². The lowest BCUT2D eigenvalue weighted by Gasteiger charge is -2.49. The first-order valence-electron chi connectivity index (χ1n) is 11.3. The number of alkyl halides is 1. The molecule has 0 bridgehead atoms. The van der Waals surface area contributed by atoms with Gasteiger partial charge in [0, 0.05) is 24.5 Å². The number of nitrogens with zero attached hydrogens (tertiary/aromatic N) is 1. The molecule has 3 heterocycles. The van der Waals surface area contributed by atoms with Crippen LogP contribution in [0.2, 0.25) is 0 Å². The predicted octanol–water partition coefficient (Wildman–Crippen LogP) is 0.808. The van der Waals surface area contributed by atoms with E-state index in [1.54, 1.807) is 0 Å². The van der Waals surface area contributed by atoms with E-state index in [0.29, 0.717) is 25.4 Å². The molecular formula is C21H38ClN5O2. The summed E-state index contributed by atoms with van der Waals surface area (Å²) in [6.07, 6.45) is 7.06. The maximum atomic E-state index is 7.19. The summed E-state index contributed by atoms with van der Waals surface area (Å²) in [6.45, 7) is 5.68. The van der Waals surface area contributed by atoms with Crippen molar-refractivity contribution in [3.63, 3.8) is 0 Å². The van der Waals surface area contributed by atoms with Gasteiger partial charge in [-0.1, -0.05) is 11.6 Å². The van der Waals surface area contributed by atoms with E-state index >= 15 is 0 Å². The third kappa shape index (κ3) is 5.15. The molecule has 2 saturated heterocycles. The lowest BCUT2D eigenvalue weighted by molar-refractivity contribution is -0.172. The van der Waals surface area contributed by atoms with Crippen LogP contribution in [-0.4, -0.2) is 87.4 Å². The second kappa shape index (κ2) is 9.92. The fraction of sp³-hybridized carbons (Fsp3) is 0.905. The van der Waals surface area contributed by atoms with Crippen LogP contribution in [0.1, 0.15) is 32.6 Å². The normalized spacial score (nSPS) is 44.6. The van der Waals surface area contributed by atoms with Crippen molar-refractivity contribution < 1.29 is 9.47 Å². The molecule has 8 heteroatoms. The summed E-state index contributed by atoms with van der Waals surface area (Å²) in [4.78, 5) is 2.37. The van der Waals surface area contributed by atoms with Crippen molar-refractivity contribution in [3.8, 4) is 0 Å². The van der Waals surface area contributed by atoms with E-state index in [-0.39, 0.29) is 35.8 Å². The lowest BCUT2D eigenvalue weighted by atomic mass is 9.75. The van der Waals surface area contributed by atoms with E-state index in [9.17, 15) is 0 Å². The highest BCUT2D eigenvalue weighted by Crippen LogP contribution is 2.40. The zero-order chi connectivity index (χ0) is 20.4. The molecule has 29 heavy (non-hydrogen) atoms. The molecule has 4 aliphatic rings. The van der Waals surface area contributed by atoms with Gasteiger partial charge in [-0.3, -0.25) is 16.0 Å². The smallest absolute Gasteiger partial charge is 0.113 e. The first kappa shape index (κ1) is 22.0. The van der Waals surface area contributed by atoms with Crippen LogP contribution in [0.15, 0.2) is 11.6 Å². The van der Waals surface area contributed by atoms with Crippen molar-refractivity contribution in [2.45, 2.75) is 74.7 Å². The number of rotatable bonds is 4. The summed E-state index contributed by atoms with van der Waals surface area (Å²) in [5.74, 6) is 0.195. The molecule has 0 aromatic rings. The average molecular weight is 428 g/mol. The lowest BCUT2D eigenvalue weighted by Crippen LogP contribution is -2.70. The van der Waals surface area contributed by atoms with Crippen molar-refractivity contribution in [1.29, 1.82) is 0 Å². The number of ether oxygens (including phenoxy) is 2. The van der Waals surface area contributed by atoms with E-state index in [4.69, 9.17) is 21.1 Å². The van der Waals surface area contributed by atoms with Crippen molar-refractivity contribution in [3.05, 3.63) is 11.6 Å². The van der Waals surface area contributed by atoms with E-state index in [1.165, 1.54) is 12.0 Å². The number of likely N-dealkylation sites (N-methyl/N-ethyl adjacent to an activating group) is 1. The Balaban J connectivity index is 1.51. The van der Waals surface area contributed by atoms with Gasteiger partial charge in [0.25, 0.3) is 0 Å². The fourth-order valence-corrected chi connectivity index (χ4v) is 5.85. The zero-order valence-corrected chi connectivity index (χ0v) is 18.8. The highest BCUT2D eigenvalue weighted by Gasteiger charge is 2.48. The first-order valence-corrected chi connectivity index (χ1v) is 11.7. The van der Waals surface area contributed by atoms with Gasteiger partial charge in [0.2, 0.25) is 0 Å². The van der Waals surface area contributed by atoms with E-state index in [1.807, 2.05) is 7.05 Å². The summed E-state index contributed by atoms with van der Waals surface area (Å²) >= 11 is 7.19. The molecule has 0 spiro atoms. The van der Waals surface area contributed by atoms with E-state index in [0.717, 1.165) is 32.4 Å². The monoisotopic (exact) mass is 427 g/mol. The fourth-order valence-electron chi connectivity index (χ4n) is 5.37. The third-order valence-corrected chi connectivity index (χ3v) is 7.47. The highest BCUT2D eigenvalue weighted by atomic mass is 35.5. The number of nitrogens with one attached hydrogen (secondary N) is 4. The standard InChI is InChI=1S/C21H38ClN5O2/c1-13-11-17(23-2)26-21(24-13)25-15-12-16-20(29-10-9-28-16)18(19(15)22)14-5-4-7-27(3)8-6-14/h6,13,15-21,23-26H,4-5,7-12H2,1-3H3. The second-order valence-electron chi connectivity index (χ2n) is 9.11. The summed E-state index contributed by atoms with van der Waals surface area (Å²) in [7, 11) is 4.19. The Morgan fingerprint density at radius 3 is 2.86 bits per heavy atom. The Morgan fingerprint density at radius 1 is 1.21 bits per heavy atom. The molecule has 0 aromatic heterocycles. The Hall–Kier alpha value is -0.250. The van der Waals surface area contributed by atoms with Gasteiger partial charge < -0.3 is 19.7 Å².